The lowest BCUT2D eigenvalue weighted by atomic mass is 10.0. The monoisotopic (exact) mass is 349 g/mol. The maximum Gasteiger partial charge on any atom is 0.137 e. The van der Waals surface area contributed by atoms with E-state index in [1.807, 2.05) is 12.3 Å². The molecule has 1 N–H and O–H groups in total. The van der Waals surface area contributed by atoms with Gasteiger partial charge in [-0.1, -0.05) is 37.3 Å². The molecular formula is C22H27N3O. The van der Waals surface area contributed by atoms with E-state index in [0.717, 1.165) is 38.2 Å². The molecule has 0 amide bonds. The second-order valence-electron chi connectivity index (χ2n) is 7.43. The van der Waals surface area contributed by atoms with Gasteiger partial charge in [-0.15, -0.1) is 0 Å². The van der Waals surface area contributed by atoms with Gasteiger partial charge in [0.1, 0.15) is 5.65 Å². The summed E-state index contributed by atoms with van der Waals surface area (Å²) in [6, 6.07) is 14.9. The Morgan fingerprint density at radius 1 is 1.23 bits per heavy atom. The fourth-order valence-corrected chi connectivity index (χ4v) is 4.04. The van der Waals surface area contributed by atoms with E-state index in [4.69, 9.17) is 4.74 Å². The minimum absolute atomic E-state index is 0.180. The molecule has 1 fully saturated rings. The molecule has 1 saturated heterocycles. The number of aromatic nitrogens is 2. The number of likely N-dealkylation sites (N-methyl/N-ethyl adjacent to an activating group) is 1. The van der Waals surface area contributed by atoms with Gasteiger partial charge in [0.25, 0.3) is 0 Å². The Morgan fingerprint density at radius 3 is 2.85 bits per heavy atom. The summed E-state index contributed by atoms with van der Waals surface area (Å²) in [4.78, 5) is 10.5. The maximum absolute atomic E-state index is 5.96. The number of benzene rings is 1. The fourth-order valence-electron chi connectivity index (χ4n) is 4.04. The molecule has 4 nitrogen and oxygen atoms in total. The quantitative estimate of drug-likeness (QED) is 0.704. The highest BCUT2D eigenvalue weighted by Gasteiger charge is 2.25. The molecule has 0 spiro atoms. The van der Waals surface area contributed by atoms with Gasteiger partial charge >= 0.3 is 0 Å². The van der Waals surface area contributed by atoms with Gasteiger partial charge in [-0.2, -0.15) is 0 Å². The molecule has 0 saturated carbocycles. The van der Waals surface area contributed by atoms with E-state index in [0.29, 0.717) is 5.92 Å². The molecule has 2 aromatic heterocycles. The van der Waals surface area contributed by atoms with E-state index in [2.05, 4.69) is 65.2 Å². The number of aromatic amines is 1. The van der Waals surface area contributed by atoms with E-state index in [1.54, 1.807) is 0 Å². The summed E-state index contributed by atoms with van der Waals surface area (Å²) in [5, 5.41) is 1.22. The number of nitrogens with zero attached hydrogens (tertiary/aromatic N) is 2. The van der Waals surface area contributed by atoms with Crippen LogP contribution in [0.2, 0.25) is 0 Å². The Labute approximate surface area is 155 Å². The van der Waals surface area contributed by atoms with Crippen LogP contribution in [0, 0.1) is 0 Å². The van der Waals surface area contributed by atoms with E-state index < -0.39 is 0 Å². The number of pyridine rings is 1. The zero-order valence-electron chi connectivity index (χ0n) is 15.6. The zero-order valence-corrected chi connectivity index (χ0v) is 15.6. The molecule has 3 heterocycles. The minimum Gasteiger partial charge on any atom is -0.372 e. The second kappa shape index (κ2) is 7.60. The van der Waals surface area contributed by atoms with Gasteiger partial charge in [0, 0.05) is 31.3 Å². The van der Waals surface area contributed by atoms with Crippen molar-refractivity contribution in [3.63, 3.8) is 0 Å². The Balaban J connectivity index is 1.56. The van der Waals surface area contributed by atoms with Crippen molar-refractivity contribution in [1.82, 2.24) is 14.9 Å². The van der Waals surface area contributed by atoms with Crippen LogP contribution in [0.1, 0.15) is 48.6 Å². The molecular weight excluding hydrogens is 322 g/mol. The molecule has 4 heteroatoms. The normalized spacial score (nSPS) is 18.7. The number of H-pyrrole nitrogens is 1. The topological polar surface area (TPSA) is 41.1 Å². The molecule has 0 aliphatic carbocycles. The predicted octanol–water partition coefficient (Wildman–Crippen LogP) is 4.65. The average Bonchev–Trinajstić information content (AvgIpc) is 3.31. The third-order valence-electron chi connectivity index (χ3n) is 5.34. The number of hydrogen-bond donors (Lipinski definition) is 1. The Morgan fingerprint density at radius 2 is 2.08 bits per heavy atom. The predicted molar refractivity (Wildman–Crippen MR) is 105 cm³/mol. The van der Waals surface area contributed by atoms with Gasteiger partial charge in [-0.25, -0.2) is 4.98 Å². The SMILES string of the molecule is C[C@H](CN(C)Cc1c([C@H]2CCCO2)[nH]c2ncccc12)c1ccccc1. The number of fused-ring (bicyclic) bond motifs is 1. The Bertz CT molecular complexity index is 852. The summed E-state index contributed by atoms with van der Waals surface area (Å²) < 4.78 is 5.96. The van der Waals surface area contributed by atoms with Crippen LogP contribution in [0.3, 0.4) is 0 Å². The van der Waals surface area contributed by atoms with Gasteiger partial charge in [-0.05, 0) is 49.1 Å². The smallest absolute Gasteiger partial charge is 0.137 e. The summed E-state index contributed by atoms with van der Waals surface area (Å²) >= 11 is 0. The molecule has 4 rings (SSSR count). The summed E-state index contributed by atoms with van der Waals surface area (Å²) in [7, 11) is 2.20. The van der Waals surface area contributed by atoms with Crippen molar-refractivity contribution < 1.29 is 4.74 Å². The molecule has 1 aliphatic rings. The van der Waals surface area contributed by atoms with E-state index in [-0.39, 0.29) is 6.10 Å². The van der Waals surface area contributed by atoms with Crippen LogP contribution in [0.25, 0.3) is 11.0 Å². The lowest BCUT2D eigenvalue weighted by molar-refractivity contribution is 0.108. The third kappa shape index (κ3) is 3.53. The van der Waals surface area contributed by atoms with Crippen molar-refractivity contribution >= 4 is 11.0 Å². The molecule has 0 unspecified atom stereocenters. The van der Waals surface area contributed by atoms with E-state index >= 15 is 0 Å². The first kappa shape index (κ1) is 17.3. The van der Waals surface area contributed by atoms with Crippen LogP contribution in [-0.2, 0) is 11.3 Å². The van der Waals surface area contributed by atoms with Gasteiger partial charge in [-0.3, -0.25) is 0 Å². The van der Waals surface area contributed by atoms with Gasteiger partial charge in [0.15, 0.2) is 0 Å². The summed E-state index contributed by atoms with van der Waals surface area (Å²) in [6.45, 7) is 5.07. The van der Waals surface area contributed by atoms with Crippen molar-refractivity contribution in [2.24, 2.45) is 0 Å². The lowest BCUT2D eigenvalue weighted by Crippen LogP contribution is -2.23. The first-order chi connectivity index (χ1) is 12.7. The van der Waals surface area contributed by atoms with Gasteiger partial charge in [0.2, 0.25) is 0 Å². The van der Waals surface area contributed by atoms with E-state index in [1.165, 1.54) is 22.2 Å². The number of hydrogen-bond acceptors (Lipinski definition) is 3. The van der Waals surface area contributed by atoms with Crippen LogP contribution in [-0.4, -0.2) is 35.1 Å². The standard InChI is InChI=1S/C22H27N3O/c1-16(17-8-4-3-5-9-17)14-25(2)15-19-18-10-6-12-23-22(18)24-21(19)20-11-7-13-26-20/h3-6,8-10,12,16,20H,7,11,13-15H2,1-2H3,(H,23,24)/t16-,20-/m1/s1. The second-order valence-corrected chi connectivity index (χ2v) is 7.43. The van der Waals surface area contributed by atoms with Crippen LogP contribution in [0.5, 0.6) is 0 Å². The molecule has 1 aromatic carbocycles. The first-order valence-electron chi connectivity index (χ1n) is 9.53. The highest BCUT2D eigenvalue weighted by atomic mass is 16.5. The average molecular weight is 349 g/mol. The molecule has 3 aromatic rings. The number of rotatable bonds is 6. The van der Waals surface area contributed by atoms with Crippen molar-refractivity contribution in [3.05, 3.63) is 65.5 Å². The lowest BCUT2D eigenvalue weighted by Gasteiger charge is -2.23. The molecule has 0 bridgehead atoms. The van der Waals surface area contributed by atoms with Crippen molar-refractivity contribution in [2.75, 3.05) is 20.2 Å². The minimum atomic E-state index is 0.180. The summed E-state index contributed by atoms with van der Waals surface area (Å²) in [5.41, 5.74) is 4.91. The zero-order chi connectivity index (χ0) is 17.9. The first-order valence-corrected chi connectivity index (χ1v) is 9.53. The number of nitrogens with one attached hydrogen (secondary N) is 1. The molecule has 0 radical (unpaired) electrons. The highest BCUT2D eigenvalue weighted by molar-refractivity contribution is 5.81. The Kier molecular flexibility index (Phi) is 5.05. The van der Waals surface area contributed by atoms with Crippen LogP contribution >= 0.6 is 0 Å². The number of ether oxygens (including phenoxy) is 1. The van der Waals surface area contributed by atoms with E-state index in [9.17, 15) is 0 Å². The largest absolute Gasteiger partial charge is 0.372 e. The molecule has 26 heavy (non-hydrogen) atoms. The third-order valence-corrected chi connectivity index (χ3v) is 5.34. The van der Waals surface area contributed by atoms with Crippen LogP contribution in [0.4, 0.5) is 0 Å². The van der Waals surface area contributed by atoms with Gasteiger partial charge in [0.05, 0.1) is 11.8 Å². The fraction of sp³-hybridized carbons (Fsp3) is 0.409. The maximum atomic E-state index is 5.96. The molecule has 2 atom stereocenters. The molecule has 1 aliphatic heterocycles. The van der Waals surface area contributed by atoms with Crippen LogP contribution in [0.15, 0.2) is 48.7 Å². The van der Waals surface area contributed by atoms with Crippen molar-refractivity contribution in [3.8, 4) is 0 Å². The molecule has 136 valence electrons. The highest BCUT2D eigenvalue weighted by Crippen LogP contribution is 2.34. The summed E-state index contributed by atoms with van der Waals surface area (Å²) in [5.74, 6) is 0.496. The van der Waals surface area contributed by atoms with Crippen molar-refractivity contribution in [2.45, 2.75) is 38.3 Å². The van der Waals surface area contributed by atoms with Crippen molar-refractivity contribution in [1.29, 1.82) is 0 Å². The summed E-state index contributed by atoms with van der Waals surface area (Å²) in [6.07, 6.45) is 4.25. The van der Waals surface area contributed by atoms with Gasteiger partial charge < -0.3 is 14.6 Å². The van der Waals surface area contributed by atoms with Crippen LogP contribution < -0.4 is 0 Å². The Hall–Kier alpha value is -2.17.